The van der Waals surface area contributed by atoms with Crippen LogP contribution in [0.2, 0.25) is 5.02 Å². The molecule has 4 nitrogen and oxygen atoms in total. The van der Waals surface area contributed by atoms with Gasteiger partial charge in [0, 0.05) is 11.3 Å². The third-order valence-electron chi connectivity index (χ3n) is 2.91. The van der Waals surface area contributed by atoms with Gasteiger partial charge in [0.25, 0.3) is 0 Å². The fourth-order valence-electron chi connectivity index (χ4n) is 1.74. The number of aliphatic hydroxyl groups is 1. The predicted molar refractivity (Wildman–Crippen MR) is 81.5 cm³/mol. The van der Waals surface area contributed by atoms with Gasteiger partial charge in [0.2, 0.25) is 0 Å². The molecule has 1 N–H and O–H groups in total. The number of sulfone groups is 1. The molecule has 2 rings (SSSR count). The summed E-state index contributed by atoms with van der Waals surface area (Å²) < 4.78 is 28.1. The molecule has 0 aliphatic rings. The van der Waals surface area contributed by atoms with E-state index in [1.807, 2.05) is 0 Å². The molecule has 21 heavy (non-hydrogen) atoms. The van der Waals surface area contributed by atoms with Crippen LogP contribution >= 0.6 is 11.6 Å². The minimum Gasteiger partial charge on any atom is -0.491 e. The van der Waals surface area contributed by atoms with E-state index in [2.05, 4.69) is 0 Å². The van der Waals surface area contributed by atoms with Gasteiger partial charge in [-0.2, -0.15) is 0 Å². The molecule has 112 valence electrons. The first-order chi connectivity index (χ1) is 9.86. The van der Waals surface area contributed by atoms with Gasteiger partial charge in [-0.15, -0.1) is 0 Å². The molecule has 0 fully saturated rings. The molecule has 0 spiro atoms. The predicted octanol–water partition coefficient (Wildman–Crippen LogP) is 2.86. The SMILES string of the molecule is CS(=O)(=O)c1ccc(OCC(O)c2ccc(Cl)cc2)cc1. The molecular formula is C15H15ClO4S. The summed E-state index contributed by atoms with van der Waals surface area (Å²) in [6, 6.07) is 12.9. The van der Waals surface area contributed by atoms with Crippen molar-refractivity contribution in [2.75, 3.05) is 12.9 Å². The molecule has 0 bridgehead atoms. The highest BCUT2D eigenvalue weighted by Crippen LogP contribution is 2.20. The minimum atomic E-state index is -3.22. The number of aliphatic hydroxyl groups excluding tert-OH is 1. The van der Waals surface area contributed by atoms with Crippen molar-refractivity contribution < 1.29 is 18.3 Å². The lowest BCUT2D eigenvalue weighted by Gasteiger charge is -2.13. The number of hydrogen-bond acceptors (Lipinski definition) is 4. The van der Waals surface area contributed by atoms with Crippen LogP contribution in [-0.2, 0) is 9.84 Å². The van der Waals surface area contributed by atoms with Crippen LogP contribution in [0.3, 0.4) is 0 Å². The van der Waals surface area contributed by atoms with Crippen molar-refractivity contribution >= 4 is 21.4 Å². The van der Waals surface area contributed by atoms with E-state index in [-0.39, 0.29) is 11.5 Å². The van der Waals surface area contributed by atoms with Crippen LogP contribution in [0.15, 0.2) is 53.4 Å². The molecule has 0 amide bonds. The molecule has 0 aliphatic heterocycles. The molecule has 0 heterocycles. The van der Waals surface area contributed by atoms with Crippen LogP contribution in [0.4, 0.5) is 0 Å². The van der Waals surface area contributed by atoms with Gasteiger partial charge in [-0.3, -0.25) is 0 Å². The van der Waals surface area contributed by atoms with E-state index in [1.165, 1.54) is 12.1 Å². The van der Waals surface area contributed by atoms with E-state index in [0.717, 1.165) is 6.26 Å². The molecule has 1 atom stereocenters. The highest BCUT2D eigenvalue weighted by atomic mass is 35.5. The van der Waals surface area contributed by atoms with Crippen molar-refractivity contribution in [1.29, 1.82) is 0 Å². The first kappa shape index (κ1) is 15.8. The first-order valence-corrected chi connectivity index (χ1v) is 8.49. The number of hydrogen-bond donors (Lipinski definition) is 1. The largest absolute Gasteiger partial charge is 0.491 e. The maximum atomic E-state index is 11.3. The van der Waals surface area contributed by atoms with Crippen LogP contribution in [0.1, 0.15) is 11.7 Å². The highest BCUT2D eigenvalue weighted by Gasteiger charge is 2.10. The zero-order valence-corrected chi connectivity index (χ0v) is 12.9. The lowest BCUT2D eigenvalue weighted by Crippen LogP contribution is -2.09. The van der Waals surface area contributed by atoms with Crippen LogP contribution in [0.5, 0.6) is 5.75 Å². The molecule has 2 aromatic rings. The van der Waals surface area contributed by atoms with E-state index in [1.54, 1.807) is 36.4 Å². The average molecular weight is 327 g/mol. The highest BCUT2D eigenvalue weighted by molar-refractivity contribution is 7.90. The molecule has 0 aromatic heterocycles. The van der Waals surface area contributed by atoms with Gasteiger partial charge in [-0.05, 0) is 42.0 Å². The fraction of sp³-hybridized carbons (Fsp3) is 0.200. The zero-order valence-electron chi connectivity index (χ0n) is 11.4. The van der Waals surface area contributed by atoms with Gasteiger partial charge >= 0.3 is 0 Å². The lowest BCUT2D eigenvalue weighted by molar-refractivity contribution is 0.108. The Morgan fingerprint density at radius 2 is 1.67 bits per heavy atom. The van der Waals surface area contributed by atoms with Crippen LogP contribution in [0.25, 0.3) is 0 Å². The molecule has 0 saturated heterocycles. The Morgan fingerprint density at radius 3 is 2.19 bits per heavy atom. The molecule has 2 aromatic carbocycles. The molecule has 0 radical (unpaired) electrons. The topological polar surface area (TPSA) is 63.6 Å². The lowest BCUT2D eigenvalue weighted by atomic mass is 10.1. The number of ether oxygens (including phenoxy) is 1. The summed E-state index contributed by atoms with van der Waals surface area (Å²) in [5.74, 6) is 0.496. The number of rotatable bonds is 5. The standard InChI is InChI=1S/C15H15ClO4S/c1-21(18,19)14-8-6-13(7-9-14)20-10-15(17)11-2-4-12(16)5-3-11/h2-9,15,17H,10H2,1H3. The maximum Gasteiger partial charge on any atom is 0.175 e. The molecule has 1 unspecified atom stereocenters. The third kappa shape index (κ3) is 4.46. The van der Waals surface area contributed by atoms with E-state index in [9.17, 15) is 13.5 Å². The van der Waals surface area contributed by atoms with Gasteiger partial charge in [0.15, 0.2) is 9.84 Å². The minimum absolute atomic E-state index is 0.0693. The summed E-state index contributed by atoms with van der Waals surface area (Å²) in [4.78, 5) is 0.230. The molecule has 0 saturated carbocycles. The Hall–Kier alpha value is -1.56. The first-order valence-electron chi connectivity index (χ1n) is 6.23. The van der Waals surface area contributed by atoms with E-state index < -0.39 is 15.9 Å². The van der Waals surface area contributed by atoms with Crippen LogP contribution in [-0.4, -0.2) is 26.4 Å². The van der Waals surface area contributed by atoms with Gasteiger partial charge in [-0.25, -0.2) is 8.42 Å². The summed E-state index contributed by atoms with van der Waals surface area (Å²) in [6.45, 7) is 0.0693. The van der Waals surface area contributed by atoms with Gasteiger partial charge in [-0.1, -0.05) is 23.7 Å². The van der Waals surface area contributed by atoms with E-state index in [4.69, 9.17) is 16.3 Å². The van der Waals surface area contributed by atoms with Crippen molar-refractivity contribution in [1.82, 2.24) is 0 Å². The monoisotopic (exact) mass is 326 g/mol. The van der Waals surface area contributed by atoms with Crippen LogP contribution < -0.4 is 4.74 Å². The Morgan fingerprint density at radius 1 is 1.10 bits per heavy atom. The zero-order chi connectivity index (χ0) is 15.5. The Balaban J connectivity index is 1.98. The van der Waals surface area contributed by atoms with Crippen molar-refractivity contribution in [2.24, 2.45) is 0 Å². The van der Waals surface area contributed by atoms with Gasteiger partial charge < -0.3 is 9.84 Å². The second-order valence-corrected chi connectivity index (χ2v) is 7.07. The quantitative estimate of drug-likeness (QED) is 0.917. The van der Waals surface area contributed by atoms with Gasteiger partial charge in [0.1, 0.15) is 18.5 Å². The molecule has 6 heteroatoms. The smallest absolute Gasteiger partial charge is 0.175 e. The average Bonchev–Trinajstić information content (AvgIpc) is 2.45. The van der Waals surface area contributed by atoms with Crippen molar-refractivity contribution in [3.05, 3.63) is 59.1 Å². The van der Waals surface area contributed by atoms with E-state index in [0.29, 0.717) is 16.3 Å². The Kier molecular flexibility index (Phi) is 4.88. The Bertz CT molecular complexity index is 693. The summed E-state index contributed by atoms with van der Waals surface area (Å²) in [5.41, 5.74) is 0.701. The summed E-state index contributed by atoms with van der Waals surface area (Å²) in [6.07, 6.45) is 0.365. The second kappa shape index (κ2) is 6.47. The summed E-state index contributed by atoms with van der Waals surface area (Å²) in [7, 11) is -3.22. The number of halogens is 1. The Labute approximate surface area is 128 Å². The normalized spacial score (nSPS) is 12.9. The summed E-state index contributed by atoms with van der Waals surface area (Å²) in [5, 5.41) is 10.6. The second-order valence-electron chi connectivity index (χ2n) is 4.62. The molecular weight excluding hydrogens is 312 g/mol. The van der Waals surface area contributed by atoms with Crippen LogP contribution in [0, 0.1) is 0 Å². The number of benzene rings is 2. The van der Waals surface area contributed by atoms with Crippen molar-refractivity contribution in [2.45, 2.75) is 11.0 Å². The third-order valence-corrected chi connectivity index (χ3v) is 4.29. The van der Waals surface area contributed by atoms with Crippen molar-refractivity contribution in [3.8, 4) is 5.75 Å². The van der Waals surface area contributed by atoms with E-state index >= 15 is 0 Å². The maximum absolute atomic E-state index is 11.3. The van der Waals surface area contributed by atoms with Gasteiger partial charge in [0.05, 0.1) is 4.90 Å². The van der Waals surface area contributed by atoms with Crippen molar-refractivity contribution in [3.63, 3.8) is 0 Å². The fourth-order valence-corrected chi connectivity index (χ4v) is 2.50. The molecule has 0 aliphatic carbocycles. The summed E-state index contributed by atoms with van der Waals surface area (Å²) >= 11 is 5.78.